The Bertz CT molecular complexity index is 2290. The van der Waals surface area contributed by atoms with E-state index in [2.05, 4.69) is 0 Å². The zero-order valence-electron chi connectivity index (χ0n) is 29.0. The van der Waals surface area contributed by atoms with Crippen molar-refractivity contribution in [3.63, 3.8) is 0 Å². The van der Waals surface area contributed by atoms with E-state index in [0.29, 0.717) is 54.3 Å². The number of hydrogen-bond acceptors (Lipinski definition) is 13. The van der Waals surface area contributed by atoms with E-state index >= 15 is 0 Å². The van der Waals surface area contributed by atoms with Crippen LogP contribution >= 0.6 is 22.7 Å². The lowest BCUT2D eigenvalue weighted by Crippen LogP contribution is -2.21. The van der Waals surface area contributed by atoms with Gasteiger partial charge in [0.05, 0.1) is 53.8 Å². The summed E-state index contributed by atoms with van der Waals surface area (Å²) in [6.07, 6.45) is 0. The minimum absolute atomic E-state index is 0.128. The molecule has 15 heteroatoms. The summed E-state index contributed by atoms with van der Waals surface area (Å²) in [5.74, 6) is -4.84. The Morgan fingerprint density at radius 2 is 0.868 bits per heavy atom. The maximum absolute atomic E-state index is 14.3. The van der Waals surface area contributed by atoms with Crippen molar-refractivity contribution in [2.24, 2.45) is 0 Å². The smallest absolute Gasteiger partial charge is 0.350 e. The Morgan fingerprint density at radius 3 is 1.19 bits per heavy atom. The Kier molecular flexibility index (Phi) is 10.1. The van der Waals surface area contributed by atoms with E-state index in [0.717, 1.165) is 0 Å². The first kappa shape index (κ1) is 36.5. The van der Waals surface area contributed by atoms with Gasteiger partial charge in [0.15, 0.2) is 23.0 Å². The van der Waals surface area contributed by atoms with Crippen molar-refractivity contribution < 1.29 is 62.5 Å². The van der Waals surface area contributed by atoms with Crippen LogP contribution < -0.4 is 28.4 Å². The van der Waals surface area contributed by atoms with Crippen LogP contribution in [-0.2, 0) is 4.74 Å². The molecular formula is C38H30O13S2. The molecule has 0 saturated heterocycles. The van der Waals surface area contributed by atoms with Crippen LogP contribution in [-0.4, -0.2) is 76.7 Å². The minimum Gasteiger partial charge on any atom is -0.495 e. The topological polar surface area (TPSA) is 173 Å². The molecular weight excluding hydrogens is 729 g/mol. The van der Waals surface area contributed by atoms with Gasteiger partial charge in [-0.2, -0.15) is 0 Å². The third-order valence-electron chi connectivity index (χ3n) is 8.50. The van der Waals surface area contributed by atoms with Gasteiger partial charge in [0.2, 0.25) is 0 Å². The highest BCUT2D eigenvalue weighted by molar-refractivity contribution is 7.18. The van der Waals surface area contributed by atoms with Crippen LogP contribution in [0.4, 0.5) is 0 Å². The standard InChI is InChI=1S/C38H30O13S2/c1-45-21-9-7-17(15-23(21)47-3)25-27(35(39)40)29(31(49-5)19-11-13-52-33(19)25)37(43)51-38(44)30-28(36(41)42)26(34-20(12-14-53-34)32(30)50-6)18-8-10-22(46-2)24(16-18)48-4/h7-16H,1-6H3,(H,39,40)(H,41,42). The molecule has 53 heavy (non-hydrogen) atoms. The molecule has 13 nitrogen and oxygen atoms in total. The highest BCUT2D eigenvalue weighted by atomic mass is 32.1. The van der Waals surface area contributed by atoms with Gasteiger partial charge in [-0.3, -0.25) is 0 Å². The summed E-state index contributed by atoms with van der Waals surface area (Å²) in [6.45, 7) is 0. The van der Waals surface area contributed by atoms with E-state index in [4.69, 9.17) is 33.2 Å². The third-order valence-corrected chi connectivity index (χ3v) is 10.4. The molecule has 4 aromatic carbocycles. The second-order valence-corrected chi connectivity index (χ2v) is 12.9. The monoisotopic (exact) mass is 758 g/mol. The van der Waals surface area contributed by atoms with E-state index in [-0.39, 0.29) is 22.6 Å². The predicted octanol–water partition coefficient (Wildman–Crippen LogP) is 7.90. The van der Waals surface area contributed by atoms with E-state index in [1.165, 1.54) is 65.3 Å². The van der Waals surface area contributed by atoms with Crippen LogP contribution in [0.3, 0.4) is 0 Å². The number of ether oxygens (including phenoxy) is 7. The molecule has 0 saturated carbocycles. The lowest BCUT2D eigenvalue weighted by atomic mass is 9.91. The number of aromatic carboxylic acids is 2. The van der Waals surface area contributed by atoms with Crippen molar-refractivity contribution in [2.75, 3.05) is 42.7 Å². The second kappa shape index (κ2) is 14.7. The molecule has 2 aromatic heterocycles. The number of esters is 2. The van der Waals surface area contributed by atoms with Crippen molar-refractivity contribution in [3.8, 4) is 56.8 Å². The number of carboxylic acid groups (broad SMARTS) is 2. The van der Waals surface area contributed by atoms with Crippen LogP contribution in [0.2, 0.25) is 0 Å². The molecule has 6 rings (SSSR count). The molecule has 0 aliphatic heterocycles. The van der Waals surface area contributed by atoms with Gasteiger partial charge in [-0.05, 0) is 58.3 Å². The number of methoxy groups -OCH3 is 6. The maximum Gasteiger partial charge on any atom is 0.350 e. The minimum atomic E-state index is -1.53. The summed E-state index contributed by atoms with van der Waals surface area (Å²) in [5, 5.41) is 25.5. The van der Waals surface area contributed by atoms with E-state index in [9.17, 15) is 29.4 Å². The summed E-state index contributed by atoms with van der Waals surface area (Å²) in [7, 11) is 8.25. The van der Waals surface area contributed by atoms with Crippen LogP contribution in [0, 0.1) is 0 Å². The van der Waals surface area contributed by atoms with Crippen molar-refractivity contribution in [1.82, 2.24) is 0 Å². The van der Waals surface area contributed by atoms with Crippen LogP contribution in [0.15, 0.2) is 59.3 Å². The molecule has 0 spiro atoms. The van der Waals surface area contributed by atoms with Gasteiger partial charge in [0, 0.05) is 31.3 Å². The van der Waals surface area contributed by atoms with Gasteiger partial charge in [0.1, 0.15) is 22.6 Å². The Labute approximate surface area is 309 Å². The Hall–Kier alpha value is -6.32. The average molecular weight is 759 g/mol. The van der Waals surface area contributed by atoms with Crippen molar-refractivity contribution in [2.45, 2.75) is 0 Å². The van der Waals surface area contributed by atoms with Gasteiger partial charge in [-0.25, -0.2) is 19.2 Å². The molecule has 0 radical (unpaired) electrons. The number of benzene rings is 4. The number of rotatable bonds is 12. The molecule has 0 atom stereocenters. The fourth-order valence-corrected chi connectivity index (χ4v) is 8.23. The lowest BCUT2D eigenvalue weighted by Gasteiger charge is -2.19. The van der Waals surface area contributed by atoms with Gasteiger partial charge >= 0.3 is 23.9 Å². The Morgan fingerprint density at radius 1 is 0.491 bits per heavy atom. The maximum atomic E-state index is 14.3. The van der Waals surface area contributed by atoms with Gasteiger partial charge in [-0.15, -0.1) is 22.7 Å². The van der Waals surface area contributed by atoms with Crippen LogP contribution in [0.25, 0.3) is 42.4 Å². The van der Waals surface area contributed by atoms with Crippen LogP contribution in [0.5, 0.6) is 34.5 Å². The predicted molar refractivity (Wildman–Crippen MR) is 197 cm³/mol. The number of carbonyl (C=O) groups is 4. The SMILES string of the molecule is COc1ccc(-c2c(C(=O)O)c(C(=O)OC(=O)c3c(C(=O)O)c(-c4ccc(OC)c(OC)c4)c4sccc4c3OC)c(OC)c3ccsc23)cc1OC. The number of fused-ring (bicyclic) bond motifs is 2. The first-order valence-electron chi connectivity index (χ1n) is 15.4. The van der Waals surface area contributed by atoms with E-state index in [1.54, 1.807) is 59.3 Å². The molecule has 2 heterocycles. The van der Waals surface area contributed by atoms with Crippen molar-refractivity contribution in [3.05, 3.63) is 81.5 Å². The highest BCUT2D eigenvalue weighted by Crippen LogP contribution is 2.48. The average Bonchev–Trinajstić information content (AvgIpc) is 3.86. The zero-order valence-corrected chi connectivity index (χ0v) is 30.6. The fourth-order valence-electron chi connectivity index (χ4n) is 6.30. The first-order valence-corrected chi connectivity index (χ1v) is 17.2. The Balaban J connectivity index is 1.58. The van der Waals surface area contributed by atoms with E-state index in [1.807, 2.05) is 0 Å². The molecule has 0 bridgehead atoms. The number of carbonyl (C=O) groups excluding carboxylic acids is 2. The quantitative estimate of drug-likeness (QED) is 0.0912. The lowest BCUT2D eigenvalue weighted by molar-refractivity contribution is 0.0383. The molecule has 0 unspecified atom stereocenters. The molecule has 0 aliphatic carbocycles. The highest BCUT2D eigenvalue weighted by Gasteiger charge is 2.36. The normalized spacial score (nSPS) is 10.9. The summed E-state index contributed by atoms with van der Waals surface area (Å²) in [4.78, 5) is 54.8. The summed E-state index contributed by atoms with van der Waals surface area (Å²) in [5.41, 5.74) is -1.22. The number of carboxylic acids is 2. The molecule has 0 fully saturated rings. The first-order chi connectivity index (χ1) is 25.5. The van der Waals surface area contributed by atoms with Gasteiger partial charge in [-0.1, -0.05) is 12.1 Å². The van der Waals surface area contributed by atoms with Crippen molar-refractivity contribution in [1.29, 1.82) is 0 Å². The molecule has 0 aliphatic rings. The molecule has 6 aromatic rings. The van der Waals surface area contributed by atoms with Crippen LogP contribution in [0.1, 0.15) is 41.4 Å². The van der Waals surface area contributed by atoms with E-state index < -0.39 is 46.1 Å². The van der Waals surface area contributed by atoms with Gasteiger partial charge < -0.3 is 43.4 Å². The largest absolute Gasteiger partial charge is 0.495 e. The fraction of sp³-hybridized carbons (Fsp3) is 0.158. The van der Waals surface area contributed by atoms with Crippen molar-refractivity contribution >= 4 is 66.7 Å². The molecule has 0 amide bonds. The number of thiophene rings is 2. The molecule has 2 N–H and O–H groups in total. The number of hydrogen-bond donors (Lipinski definition) is 2. The van der Waals surface area contributed by atoms with Gasteiger partial charge in [0.25, 0.3) is 0 Å². The summed E-state index contributed by atoms with van der Waals surface area (Å²) >= 11 is 2.42. The third kappa shape index (κ3) is 6.08. The molecule has 272 valence electrons. The second-order valence-electron chi connectivity index (χ2n) is 11.1. The summed E-state index contributed by atoms with van der Waals surface area (Å²) < 4.78 is 39.2. The summed E-state index contributed by atoms with van der Waals surface area (Å²) in [6, 6.07) is 12.8. The zero-order chi connectivity index (χ0) is 38.1.